The molecule has 3 N–H and O–H groups in total. The van der Waals surface area contributed by atoms with Gasteiger partial charge in [0.2, 0.25) is 5.91 Å². The molecule has 32 heavy (non-hydrogen) atoms. The average molecular weight is 464 g/mol. The van der Waals surface area contributed by atoms with Gasteiger partial charge in [0, 0.05) is 46.0 Å². The van der Waals surface area contributed by atoms with Gasteiger partial charge in [0.25, 0.3) is 5.91 Å². The van der Waals surface area contributed by atoms with E-state index < -0.39 is 0 Å². The quantitative estimate of drug-likeness (QED) is 0.408. The predicted molar refractivity (Wildman–Crippen MR) is 129 cm³/mol. The Labute approximate surface area is 193 Å². The minimum Gasteiger partial charge on any atom is -0.375 e. The van der Waals surface area contributed by atoms with Crippen molar-refractivity contribution in [3.8, 4) is 11.3 Å². The second-order valence-electron chi connectivity index (χ2n) is 6.99. The summed E-state index contributed by atoms with van der Waals surface area (Å²) < 4.78 is 0. The minimum atomic E-state index is -0.260. The first-order chi connectivity index (χ1) is 15.6. The summed E-state index contributed by atoms with van der Waals surface area (Å²) in [7, 11) is 0. The summed E-state index contributed by atoms with van der Waals surface area (Å²) in [6.07, 6.45) is 3.83. The molecule has 162 valence electrons. The van der Waals surface area contributed by atoms with Gasteiger partial charge in [-0.05, 0) is 42.1 Å². The number of carbonyl (C=O) groups is 2. The Morgan fingerprint density at radius 2 is 1.81 bits per heavy atom. The van der Waals surface area contributed by atoms with E-state index in [0.717, 1.165) is 16.1 Å². The standard InChI is InChI=1S/C23H21N5O2S2/c24-23-27-20(15-32-23)16-3-5-18(6-4-16)26-21(29)14-28(12-9-19-2-1-13-31-19)22(30)17-7-10-25-11-8-17/h1-8,10-11,13,15H,9,12,14H2,(H2,24,27)(H,26,29). The molecule has 0 unspecified atom stereocenters. The van der Waals surface area contributed by atoms with E-state index in [9.17, 15) is 9.59 Å². The molecular weight excluding hydrogens is 442 g/mol. The van der Waals surface area contributed by atoms with Crippen LogP contribution in [0.1, 0.15) is 15.2 Å². The van der Waals surface area contributed by atoms with Gasteiger partial charge >= 0.3 is 0 Å². The molecule has 0 saturated carbocycles. The molecule has 1 aromatic carbocycles. The van der Waals surface area contributed by atoms with Crippen LogP contribution in [-0.4, -0.2) is 39.8 Å². The van der Waals surface area contributed by atoms with E-state index in [1.165, 1.54) is 11.3 Å². The molecule has 0 aliphatic carbocycles. The van der Waals surface area contributed by atoms with Gasteiger partial charge in [-0.15, -0.1) is 22.7 Å². The van der Waals surface area contributed by atoms with Gasteiger partial charge in [0.15, 0.2) is 5.13 Å². The van der Waals surface area contributed by atoms with Crippen LogP contribution >= 0.6 is 22.7 Å². The molecule has 7 nitrogen and oxygen atoms in total. The SMILES string of the molecule is Nc1nc(-c2ccc(NC(=O)CN(CCc3cccs3)C(=O)c3ccncc3)cc2)cs1. The van der Waals surface area contributed by atoms with Gasteiger partial charge in [-0.1, -0.05) is 18.2 Å². The normalized spacial score (nSPS) is 10.6. The third-order valence-corrected chi connectivity index (χ3v) is 6.35. The van der Waals surface area contributed by atoms with Gasteiger partial charge in [-0.2, -0.15) is 0 Å². The molecule has 0 bridgehead atoms. The van der Waals surface area contributed by atoms with Crippen molar-refractivity contribution in [3.05, 3.63) is 82.1 Å². The second kappa shape index (κ2) is 10.2. The number of rotatable bonds is 8. The summed E-state index contributed by atoms with van der Waals surface area (Å²) in [5, 5.41) is 7.27. The highest BCUT2D eigenvalue weighted by Crippen LogP contribution is 2.24. The number of benzene rings is 1. The fourth-order valence-electron chi connectivity index (χ4n) is 3.15. The molecule has 0 aliphatic heterocycles. The molecule has 0 atom stereocenters. The number of anilines is 2. The first-order valence-corrected chi connectivity index (χ1v) is 11.7. The number of nitrogens with two attached hydrogens (primary N) is 1. The molecule has 2 amide bonds. The zero-order valence-electron chi connectivity index (χ0n) is 17.1. The number of nitrogens with zero attached hydrogens (tertiary/aromatic N) is 3. The van der Waals surface area contributed by atoms with Crippen molar-refractivity contribution in [2.24, 2.45) is 0 Å². The molecule has 4 aromatic rings. The summed E-state index contributed by atoms with van der Waals surface area (Å²) in [6.45, 7) is 0.399. The van der Waals surface area contributed by atoms with Crippen molar-refractivity contribution in [2.45, 2.75) is 6.42 Å². The van der Waals surface area contributed by atoms with Crippen molar-refractivity contribution in [1.82, 2.24) is 14.9 Å². The highest BCUT2D eigenvalue weighted by atomic mass is 32.1. The van der Waals surface area contributed by atoms with Gasteiger partial charge in [-0.25, -0.2) is 4.98 Å². The molecule has 0 aliphatic rings. The van der Waals surface area contributed by atoms with E-state index in [4.69, 9.17) is 5.73 Å². The van der Waals surface area contributed by atoms with Crippen molar-refractivity contribution in [3.63, 3.8) is 0 Å². The number of nitrogens with one attached hydrogen (secondary N) is 1. The summed E-state index contributed by atoms with van der Waals surface area (Å²) in [4.78, 5) is 36.7. The number of carbonyl (C=O) groups excluding carboxylic acids is 2. The number of amides is 2. The number of thiazole rings is 1. The van der Waals surface area contributed by atoms with E-state index in [1.807, 2.05) is 47.2 Å². The fourth-order valence-corrected chi connectivity index (χ4v) is 4.42. The van der Waals surface area contributed by atoms with Gasteiger partial charge in [0.05, 0.1) is 5.69 Å². The summed E-state index contributed by atoms with van der Waals surface area (Å²) in [5.41, 5.74) is 8.57. The number of thiophene rings is 1. The third kappa shape index (κ3) is 5.57. The number of pyridine rings is 1. The lowest BCUT2D eigenvalue weighted by Crippen LogP contribution is -2.39. The lowest BCUT2D eigenvalue weighted by atomic mass is 10.1. The van der Waals surface area contributed by atoms with Gasteiger partial charge < -0.3 is 16.0 Å². The maximum Gasteiger partial charge on any atom is 0.254 e. The van der Waals surface area contributed by atoms with Crippen LogP contribution < -0.4 is 11.1 Å². The highest BCUT2D eigenvalue weighted by Gasteiger charge is 2.19. The van der Waals surface area contributed by atoms with Crippen LogP contribution in [-0.2, 0) is 11.2 Å². The minimum absolute atomic E-state index is 0.0447. The Bertz CT molecular complexity index is 1170. The van der Waals surface area contributed by atoms with E-state index in [2.05, 4.69) is 15.3 Å². The monoisotopic (exact) mass is 463 g/mol. The maximum atomic E-state index is 13.0. The Kier molecular flexibility index (Phi) is 6.88. The van der Waals surface area contributed by atoms with E-state index >= 15 is 0 Å². The van der Waals surface area contributed by atoms with Gasteiger partial charge in [0.1, 0.15) is 6.54 Å². The molecule has 3 aromatic heterocycles. The van der Waals surface area contributed by atoms with E-state index in [-0.39, 0.29) is 18.4 Å². The molecule has 4 rings (SSSR count). The van der Waals surface area contributed by atoms with Crippen LogP contribution in [0.3, 0.4) is 0 Å². The third-order valence-electron chi connectivity index (χ3n) is 4.74. The van der Waals surface area contributed by atoms with Gasteiger partial charge in [-0.3, -0.25) is 14.6 Å². The molecule has 9 heteroatoms. The largest absolute Gasteiger partial charge is 0.375 e. The number of nitrogen functional groups attached to an aromatic ring is 1. The number of hydrogen-bond donors (Lipinski definition) is 2. The van der Waals surface area contributed by atoms with Crippen molar-refractivity contribution >= 4 is 45.3 Å². The lowest BCUT2D eigenvalue weighted by Gasteiger charge is -2.22. The van der Waals surface area contributed by atoms with E-state index in [0.29, 0.717) is 29.3 Å². The Balaban J connectivity index is 1.42. The summed E-state index contributed by atoms with van der Waals surface area (Å²) in [6, 6.07) is 14.7. The molecule has 0 spiro atoms. The molecule has 3 heterocycles. The Hall–Kier alpha value is -3.56. The maximum absolute atomic E-state index is 13.0. The first kappa shape index (κ1) is 21.7. The topological polar surface area (TPSA) is 101 Å². The van der Waals surface area contributed by atoms with Crippen molar-refractivity contribution in [2.75, 3.05) is 24.1 Å². The average Bonchev–Trinajstić information content (AvgIpc) is 3.49. The fraction of sp³-hybridized carbons (Fsp3) is 0.130. The smallest absolute Gasteiger partial charge is 0.254 e. The Morgan fingerprint density at radius 1 is 1.03 bits per heavy atom. The van der Waals surface area contributed by atoms with Crippen LogP contribution in [0.5, 0.6) is 0 Å². The Morgan fingerprint density at radius 3 is 2.47 bits per heavy atom. The van der Waals surface area contributed by atoms with Crippen molar-refractivity contribution in [1.29, 1.82) is 0 Å². The zero-order chi connectivity index (χ0) is 22.3. The van der Waals surface area contributed by atoms with Crippen LogP contribution in [0, 0.1) is 0 Å². The number of aromatic nitrogens is 2. The summed E-state index contributed by atoms with van der Waals surface area (Å²) in [5.74, 6) is -0.459. The number of hydrogen-bond acceptors (Lipinski definition) is 7. The van der Waals surface area contributed by atoms with Crippen LogP contribution in [0.25, 0.3) is 11.3 Å². The van der Waals surface area contributed by atoms with Crippen LogP contribution in [0.2, 0.25) is 0 Å². The highest BCUT2D eigenvalue weighted by molar-refractivity contribution is 7.13. The molecule has 0 fully saturated rings. The van der Waals surface area contributed by atoms with E-state index in [1.54, 1.807) is 40.8 Å². The molecule has 0 saturated heterocycles. The predicted octanol–water partition coefficient (Wildman–Crippen LogP) is 4.17. The molecule has 0 radical (unpaired) electrons. The first-order valence-electron chi connectivity index (χ1n) is 9.91. The second-order valence-corrected chi connectivity index (χ2v) is 8.91. The van der Waals surface area contributed by atoms with Crippen molar-refractivity contribution < 1.29 is 9.59 Å². The zero-order valence-corrected chi connectivity index (χ0v) is 18.7. The van der Waals surface area contributed by atoms with Crippen LogP contribution in [0.4, 0.5) is 10.8 Å². The van der Waals surface area contributed by atoms with Crippen LogP contribution in [0.15, 0.2) is 71.7 Å². The molecular formula is C23H21N5O2S2. The lowest BCUT2D eigenvalue weighted by molar-refractivity contribution is -0.116. The summed E-state index contributed by atoms with van der Waals surface area (Å²) >= 11 is 3.02.